The van der Waals surface area contributed by atoms with Gasteiger partial charge in [-0.15, -0.1) is 0 Å². The molecule has 0 bridgehead atoms. The highest BCUT2D eigenvalue weighted by Crippen LogP contribution is 2.27. The molecule has 0 spiro atoms. The first-order valence-electron chi connectivity index (χ1n) is 8.74. The van der Waals surface area contributed by atoms with E-state index in [-0.39, 0.29) is 6.10 Å². The molecule has 1 aliphatic heterocycles. The normalized spacial score (nSPS) is 20.9. The van der Waals surface area contributed by atoms with Crippen molar-refractivity contribution in [3.05, 3.63) is 29.8 Å². The van der Waals surface area contributed by atoms with Gasteiger partial charge in [-0.1, -0.05) is 31.4 Å². The van der Waals surface area contributed by atoms with Crippen molar-refractivity contribution in [1.29, 1.82) is 0 Å². The van der Waals surface area contributed by atoms with Gasteiger partial charge < -0.3 is 9.64 Å². The summed E-state index contributed by atoms with van der Waals surface area (Å²) in [5, 5.41) is 0. The van der Waals surface area contributed by atoms with E-state index in [1.807, 2.05) is 12.1 Å². The molecule has 2 aliphatic rings. The number of amides is 1. The Labute approximate surface area is 133 Å². The van der Waals surface area contributed by atoms with Gasteiger partial charge in [0.25, 0.3) is 0 Å². The number of benzene rings is 1. The Hall–Kier alpha value is -1.51. The van der Waals surface area contributed by atoms with Crippen LogP contribution in [-0.2, 0) is 4.79 Å². The van der Waals surface area contributed by atoms with Crippen molar-refractivity contribution >= 4 is 5.91 Å². The summed E-state index contributed by atoms with van der Waals surface area (Å²) in [5.41, 5.74) is 1.22. The fourth-order valence-corrected chi connectivity index (χ4v) is 3.68. The summed E-state index contributed by atoms with van der Waals surface area (Å²) >= 11 is 0. The number of carbonyl (C=O) groups is 1. The van der Waals surface area contributed by atoms with Crippen molar-refractivity contribution in [2.45, 2.75) is 58.0 Å². The molecular formula is C19H27NO2. The van der Waals surface area contributed by atoms with Crippen LogP contribution in [0.4, 0.5) is 0 Å². The Morgan fingerprint density at radius 3 is 2.50 bits per heavy atom. The molecule has 120 valence electrons. The van der Waals surface area contributed by atoms with E-state index in [1.54, 1.807) is 0 Å². The first-order chi connectivity index (χ1) is 10.7. The molecule has 0 unspecified atom stereocenters. The van der Waals surface area contributed by atoms with Crippen LogP contribution in [0.5, 0.6) is 5.75 Å². The predicted molar refractivity (Wildman–Crippen MR) is 88.0 cm³/mol. The highest BCUT2D eigenvalue weighted by molar-refractivity contribution is 5.79. The standard InChI is InChI=1S/C19H27NO2/c1-15-6-5-9-18(14-15)22-17-10-12-20(13-11-17)19(21)16-7-3-2-4-8-16/h5-6,9,14,16-17H,2-4,7-8,10-13H2,1H3. The van der Waals surface area contributed by atoms with E-state index in [4.69, 9.17) is 4.74 Å². The number of hydrogen-bond acceptors (Lipinski definition) is 2. The molecular weight excluding hydrogens is 274 g/mol. The van der Waals surface area contributed by atoms with Crippen LogP contribution >= 0.6 is 0 Å². The minimum atomic E-state index is 0.247. The zero-order valence-corrected chi connectivity index (χ0v) is 13.6. The fraction of sp³-hybridized carbons (Fsp3) is 0.632. The Bertz CT molecular complexity index is 500. The third-order valence-corrected chi connectivity index (χ3v) is 5.00. The van der Waals surface area contributed by atoms with Crippen molar-refractivity contribution in [2.24, 2.45) is 5.92 Å². The summed E-state index contributed by atoms with van der Waals surface area (Å²) < 4.78 is 6.07. The molecule has 1 aromatic carbocycles. The van der Waals surface area contributed by atoms with E-state index >= 15 is 0 Å². The van der Waals surface area contributed by atoms with Crippen molar-refractivity contribution in [2.75, 3.05) is 13.1 Å². The minimum absolute atomic E-state index is 0.247. The largest absolute Gasteiger partial charge is 0.490 e. The average molecular weight is 301 g/mol. The molecule has 3 rings (SSSR count). The molecule has 1 saturated carbocycles. The van der Waals surface area contributed by atoms with Gasteiger partial charge in [-0.3, -0.25) is 4.79 Å². The molecule has 0 radical (unpaired) electrons. The van der Waals surface area contributed by atoms with Crippen molar-refractivity contribution in [3.63, 3.8) is 0 Å². The van der Waals surface area contributed by atoms with E-state index in [1.165, 1.54) is 24.8 Å². The highest BCUT2D eigenvalue weighted by Gasteiger charge is 2.29. The van der Waals surface area contributed by atoms with Gasteiger partial charge in [0.05, 0.1) is 0 Å². The zero-order valence-electron chi connectivity index (χ0n) is 13.6. The molecule has 3 heteroatoms. The fourth-order valence-electron chi connectivity index (χ4n) is 3.68. The van der Waals surface area contributed by atoms with Crippen molar-refractivity contribution < 1.29 is 9.53 Å². The van der Waals surface area contributed by atoms with E-state index < -0.39 is 0 Å². The number of rotatable bonds is 3. The van der Waals surface area contributed by atoms with Crippen LogP contribution < -0.4 is 4.74 Å². The van der Waals surface area contributed by atoms with E-state index in [2.05, 4.69) is 24.0 Å². The minimum Gasteiger partial charge on any atom is -0.490 e. The SMILES string of the molecule is Cc1cccc(OC2CCN(C(=O)C3CCCCC3)CC2)c1. The van der Waals surface area contributed by atoms with Crippen LogP contribution in [0.3, 0.4) is 0 Å². The third kappa shape index (κ3) is 3.82. The van der Waals surface area contributed by atoms with Gasteiger partial charge in [0.2, 0.25) is 5.91 Å². The second kappa shape index (κ2) is 7.17. The molecule has 1 saturated heterocycles. The molecule has 1 amide bonds. The lowest BCUT2D eigenvalue weighted by Gasteiger charge is -2.35. The molecule has 1 aliphatic carbocycles. The van der Waals surface area contributed by atoms with Gasteiger partial charge in [0.15, 0.2) is 0 Å². The maximum Gasteiger partial charge on any atom is 0.225 e. The van der Waals surface area contributed by atoms with Gasteiger partial charge in [-0.05, 0) is 37.5 Å². The summed E-state index contributed by atoms with van der Waals surface area (Å²) in [7, 11) is 0. The first-order valence-corrected chi connectivity index (χ1v) is 8.74. The van der Waals surface area contributed by atoms with Crippen LogP contribution in [0.15, 0.2) is 24.3 Å². The van der Waals surface area contributed by atoms with E-state index in [0.717, 1.165) is 44.5 Å². The topological polar surface area (TPSA) is 29.5 Å². The number of nitrogens with zero attached hydrogens (tertiary/aromatic N) is 1. The molecule has 3 nitrogen and oxygen atoms in total. The molecule has 0 atom stereocenters. The Kier molecular flexibility index (Phi) is 5.01. The first kappa shape index (κ1) is 15.4. The maximum absolute atomic E-state index is 12.5. The van der Waals surface area contributed by atoms with Gasteiger partial charge in [-0.2, -0.15) is 0 Å². The highest BCUT2D eigenvalue weighted by atomic mass is 16.5. The number of ether oxygens (including phenoxy) is 1. The van der Waals surface area contributed by atoms with Gasteiger partial charge >= 0.3 is 0 Å². The van der Waals surface area contributed by atoms with Crippen molar-refractivity contribution in [3.8, 4) is 5.75 Å². The lowest BCUT2D eigenvalue weighted by atomic mass is 9.88. The molecule has 1 heterocycles. The van der Waals surface area contributed by atoms with Gasteiger partial charge in [0, 0.05) is 31.8 Å². The number of likely N-dealkylation sites (tertiary alicyclic amines) is 1. The smallest absolute Gasteiger partial charge is 0.225 e. The molecule has 0 aromatic heterocycles. The van der Waals surface area contributed by atoms with Gasteiger partial charge in [0.1, 0.15) is 11.9 Å². The lowest BCUT2D eigenvalue weighted by molar-refractivity contribution is -0.138. The van der Waals surface area contributed by atoms with Gasteiger partial charge in [-0.25, -0.2) is 0 Å². The monoisotopic (exact) mass is 301 g/mol. The Balaban J connectivity index is 1.48. The average Bonchev–Trinajstić information content (AvgIpc) is 2.56. The molecule has 1 aromatic rings. The van der Waals surface area contributed by atoms with Crippen LogP contribution in [0, 0.1) is 12.8 Å². The van der Waals surface area contributed by atoms with Crippen LogP contribution in [-0.4, -0.2) is 30.0 Å². The number of carbonyl (C=O) groups excluding carboxylic acids is 1. The summed E-state index contributed by atoms with van der Waals surface area (Å²) in [5.74, 6) is 1.65. The summed E-state index contributed by atoms with van der Waals surface area (Å²) in [6.07, 6.45) is 8.09. The van der Waals surface area contributed by atoms with Crippen molar-refractivity contribution in [1.82, 2.24) is 4.90 Å². The molecule has 2 fully saturated rings. The lowest BCUT2D eigenvalue weighted by Crippen LogP contribution is -2.44. The number of hydrogen-bond donors (Lipinski definition) is 0. The predicted octanol–water partition coefficient (Wildman–Crippen LogP) is 3.95. The molecule has 22 heavy (non-hydrogen) atoms. The van der Waals surface area contributed by atoms with E-state index in [9.17, 15) is 4.79 Å². The Morgan fingerprint density at radius 1 is 1.09 bits per heavy atom. The van der Waals surface area contributed by atoms with Crippen LogP contribution in [0.2, 0.25) is 0 Å². The Morgan fingerprint density at radius 2 is 1.82 bits per heavy atom. The van der Waals surface area contributed by atoms with Crippen LogP contribution in [0.1, 0.15) is 50.5 Å². The molecule has 0 N–H and O–H groups in total. The number of piperidine rings is 1. The van der Waals surface area contributed by atoms with E-state index in [0.29, 0.717) is 11.8 Å². The summed E-state index contributed by atoms with van der Waals surface area (Å²) in [6.45, 7) is 3.79. The quantitative estimate of drug-likeness (QED) is 0.846. The zero-order chi connectivity index (χ0) is 15.4. The van der Waals surface area contributed by atoms with Crippen LogP contribution in [0.25, 0.3) is 0 Å². The maximum atomic E-state index is 12.5. The second-order valence-electron chi connectivity index (χ2n) is 6.79. The summed E-state index contributed by atoms with van der Waals surface area (Å²) in [4.78, 5) is 14.6. The number of aryl methyl sites for hydroxylation is 1. The second-order valence-corrected chi connectivity index (χ2v) is 6.79. The summed E-state index contributed by atoms with van der Waals surface area (Å²) in [6, 6.07) is 8.22. The third-order valence-electron chi connectivity index (χ3n) is 5.00.